The molecule has 0 aliphatic heterocycles. The fourth-order valence-corrected chi connectivity index (χ4v) is 1.43. The average Bonchev–Trinajstić information content (AvgIpc) is 2.27. The summed E-state index contributed by atoms with van der Waals surface area (Å²) < 4.78 is 4.82. The van der Waals surface area contributed by atoms with Crippen molar-refractivity contribution in [2.24, 2.45) is 0 Å². The van der Waals surface area contributed by atoms with Crippen molar-refractivity contribution in [2.75, 3.05) is 13.7 Å². The normalized spacial score (nSPS) is 13.4. The van der Waals surface area contributed by atoms with Crippen molar-refractivity contribution >= 4 is 18.0 Å². The number of urea groups is 1. The molecule has 1 unspecified atom stereocenters. The first-order valence-electron chi connectivity index (χ1n) is 5.87. The maximum absolute atomic E-state index is 11.5. The number of nitrogens with one attached hydrogen (secondary N) is 2. The number of rotatable bonds is 9. The average molecular weight is 276 g/mol. The topological polar surface area (TPSA) is 125 Å². The number of carbonyl (C=O) groups excluding carboxylic acids is 1. The van der Waals surface area contributed by atoms with Crippen LogP contribution in [0.2, 0.25) is 0 Å². The number of methoxy groups -OCH3 is 1. The van der Waals surface area contributed by atoms with Crippen molar-refractivity contribution in [1.82, 2.24) is 10.6 Å². The maximum Gasteiger partial charge on any atom is 0.326 e. The summed E-state index contributed by atoms with van der Waals surface area (Å²) in [6.45, 7) is 2.02. The van der Waals surface area contributed by atoms with Crippen molar-refractivity contribution in [3.05, 3.63) is 0 Å². The Morgan fingerprint density at radius 3 is 2.32 bits per heavy atom. The zero-order chi connectivity index (χ0) is 14.8. The number of aliphatic carboxylic acids is 2. The van der Waals surface area contributed by atoms with Crippen LogP contribution in [0.4, 0.5) is 4.79 Å². The molecule has 19 heavy (non-hydrogen) atoms. The third kappa shape index (κ3) is 8.83. The molecule has 0 fully saturated rings. The Labute approximate surface area is 111 Å². The Balaban J connectivity index is 4.15. The molecule has 0 aliphatic rings. The molecule has 4 N–H and O–H groups in total. The fourth-order valence-electron chi connectivity index (χ4n) is 1.43. The van der Waals surface area contributed by atoms with E-state index in [1.807, 2.05) is 0 Å². The van der Waals surface area contributed by atoms with Crippen molar-refractivity contribution in [2.45, 2.75) is 38.3 Å². The molecule has 0 aliphatic carbocycles. The van der Waals surface area contributed by atoms with E-state index >= 15 is 0 Å². The minimum atomic E-state index is -1.19. The highest BCUT2D eigenvalue weighted by molar-refractivity contribution is 5.82. The van der Waals surface area contributed by atoms with Crippen LogP contribution in [0.15, 0.2) is 0 Å². The largest absolute Gasteiger partial charge is 0.481 e. The van der Waals surface area contributed by atoms with Crippen LogP contribution in [0.25, 0.3) is 0 Å². The van der Waals surface area contributed by atoms with Gasteiger partial charge in [-0.2, -0.15) is 0 Å². The molecule has 2 amide bonds. The second kappa shape index (κ2) is 9.15. The lowest BCUT2D eigenvalue weighted by atomic mass is 10.1. The standard InChI is InChI=1S/C11H20N2O6/c1-7(6-19-2)12-11(18)13-8(10(16)17)4-3-5-9(14)15/h7-8H,3-6H2,1-2H3,(H,14,15)(H,16,17)(H2,12,13,18)/t7?,8-/m1/s1. The van der Waals surface area contributed by atoms with Crippen molar-refractivity contribution < 1.29 is 29.3 Å². The van der Waals surface area contributed by atoms with Crippen LogP contribution >= 0.6 is 0 Å². The second-order valence-electron chi connectivity index (χ2n) is 4.15. The van der Waals surface area contributed by atoms with Gasteiger partial charge in [-0.25, -0.2) is 9.59 Å². The highest BCUT2D eigenvalue weighted by Gasteiger charge is 2.20. The second-order valence-corrected chi connectivity index (χ2v) is 4.15. The van der Waals surface area contributed by atoms with Gasteiger partial charge in [0, 0.05) is 13.5 Å². The lowest BCUT2D eigenvalue weighted by molar-refractivity contribution is -0.140. The molecule has 2 atom stereocenters. The van der Waals surface area contributed by atoms with Gasteiger partial charge in [0.05, 0.1) is 12.6 Å². The summed E-state index contributed by atoms with van der Waals surface area (Å²) in [5.41, 5.74) is 0. The zero-order valence-electron chi connectivity index (χ0n) is 11.0. The molecule has 8 nitrogen and oxygen atoms in total. The number of hydrogen-bond acceptors (Lipinski definition) is 4. The third-order valence-corrected chi connectivity index (χ3v) is 2.28. The Hall–Kier alpha value is -1.83. The predicted molar refractivity (Wildman–Crippen MR) is 65.9 cm³/mol. The lowest BCUT2D eigenvalue weighted by Gasteiger charge is -2.17. The number of carboxylic acid groups (broad SMARTS) is 2. The van der Waals surface area contributed by atoms with Gasteiger partial charge in [-0.1, -0.05) is 0 Å². The number of carbonyl (C=O) groups is 3. The molecule has 0 aromatic carbocycles. The molecule has 0 saturated carbocycles. The van der Waals surface area contributed by atoms with Crippen molar-refractivity contribution in [3.8, 4) is 0 Å². The molecule has 0 saturated heterocycles. The van der Waals surface area contributed by atoms with E-state index < -0.39 is 24.0 Å². The summed E-state index contributed by atoms with van der Waals surface area (Å²) in [6, 6.07) is -1.97. The first-order chi connectivity index (χ1) is 8.86. The summed E-state index contributed by atoms with van der Waals surface area (Å²) in [5, 5.41) is 22.2. The highest BCUT2D eigenvalue weighted by atomic mass is 16.5. The van der Waals surface area contributed by atoms with Gasteiger partial charge in [0.15, 0.2) is 0 Å². The molecule has 8 heteroatoms. The van der Waals surface area contributed by atoms with Crippen LogP contribution in [0.5, 0.6) is 0 Å². The van der Waals surface area contributed by atoms with E-state index in [2.05, 4.69) is 10.6 Å². The maximum atomic E-state index is 11.5. The van der Waals surface area contributed by atoms with Gasteiger partial charge < -0.3 is 25.6 Å². The van der Waals surface area contributed by atoms with Gasteiger partial charge in [0.2, 0.25) is 0 Å². The molecule has 0 aromatic heterocycles. The van der Waals surface area contributed by atoms with Gasteiger partial charge in [-0.3, -0.25) is 4.79 Å². The lowest BCUT2D eigenvalue weighted by Crippen LogP contribution is -2.49. The summed E-state index contributed by atoms with van der Waals surface area (Å²) in [7, 11) is 1.49. The number of carboxylic acids is 2. The van der Waals surface area contributed by atoms with E-state index in [0.29, 0.717) is 6.61 Å². The van der Waals surface area contributed by atoms with E-state index in [1.165, 1.54) is 7.11 Å². The minimum Gasteiger partial charge on any atom is -0.481 e. The van der Waals surface area contributed by atoms with Crippen LogP contribution in [-0.2, 0) is 14.3 Å². The van der Waals surface area contributed by atoms with Gasteiger partial charge in [0.1, 0.15) is 6.04 Å². The molecule has 0 spiro atoms. The zero-order valence-corrected chi connectivity index (χ0v) is 11.0. The van der Waals surface area contributed by atoms with Crippen molar-refractivity contribution in [3.63, 3.8) is 0 Å². The van der Waals surface area contributed by atoms with E-state index in [-0.39, 0.29) is 25.3 Å². The molecule has 0 aromatic rings. The first kappa shape index (κ1) is 17.2. The van der Waals surface area contributed by atoms with Crippen LogP contribution in [0, 0.1) is 0 Å². The van der Waals surface area contributed by atoms with E-state index in [9.17, 15) is 14.4 Å². The summed E-state index contributed by atoms with van der Waals surface area (Å²) in [6.07, 6.45) is 0.112. The molecule has 0 radical (unpaired) electrons. The monoisotopic (exact) mass is 276 g/mol. The molecule has 110 valence electrons. The molecule has 0 bridgehead atoms. The summed E-state index contributed by atoms with van der Waals surface area (Å²) in [4.78, 5) is 32.7. The Morgan fingerprint density at radius 2 is 1.84 bits per heavy atom. The number of amides is 2. The van der Waals surface area contributed by atoms with E-state index in [4.69, 9.17) is 14.9 Å². The third-order valence-electron chi connectivity index (χ3n) is 2.28. The fraction of sp³-hybridized carbons (Fsp3) is 0.727. The SMILES string of the molecule is COCC(C)NC(=O)N[C@H](CCCC(=O)O)C(=O)O. The van der Waals surface area contributed by atoms with Crippen LogP contribution in [-0.4, -0.2) is 54.0 Å². The van der Waals surface area contributed by atoms with E-state index in [1.54, 1.807) is 6.92 Å². The quantitative estimate of drug-likeness (QED) is 0.471. The van der Waals surface area contributed by atoms with Crippen LogP contribution < -0.4 is 10.6 Å². The predicted octanol–water partition coefficient (Wildman–Crippen LogP) is 0.0286. The first-order valence-corrected chi connectivity index (χ1v) is 5.87. The van der Waals surface area contributed by atoms with Gasteiger partial charge >= 0.3 is 18.0 Å². The molecular formula is C11H20N2O6. The van der Waals surface area contributed by atoms with Gasteiger partial charge in [0.25, 0.3) is 0 Å². The van der Waals surface area contributed by atoms with Gasteiger partial charge in [-0.15, -0.1) is 0 Å². The minimum absolute atomic E-state index is 0.0632. The number of ether oxygens (including phenoxy) is 1. The van der Waals surface area contributed by atoms with Crippen molar-refractivity contribution in [1.29, 1.82) is 0 Å². The Kier molecular flexibility index (Phi) is 8.27. The van der Waals surface area contributed by atoms with Crippen LogP contribution in [0.3, 0.4) is 0 Å². The van der Waals surface area contributed by atoms with Crippen LogP contribution in [0.1, 0.15) is 26.2 Å². The molecule has 0 heterocycles. The molecule has 0 rings (SSSR count). The Morgan fingerprint density at radius 1 is 1.21 bits per heavy atom. The van der Waals surface area contributed by atoms with Gasteiger partial charge in [-0.05, 0) is 19.8 Å². The summed E-state index contributed by atoms with van der Waals surface area (Å²) in [5.74, 6) is -2.19. The Bertz CT molecular complexity index is 320. The number of hydrogen-bond donors (Lipinski definition) is 4. The molecular weight excluding hydrogens is 256 g/mol. The smallest absolute Gasteiger partial charge is 0.326 e. The summed E-state index contributed by atoms with van der Waals surface area (Å²) >= 11 is 0. The highest BCUT2D eigenvalue weighted by Crippen LogP contribution is 2.01. The van der Waals surface area contributed by atoms with E-state index in [0.717, 1.165) is 0 Å².